The van der Waals surface area contributed by atoms with Crippen LogP contribution in [0.15, 0.2) is 0 Å². The van der Waals surface area contributed by atoms with Crippen molar-refractivity contribution in [3.63, 3.8) is 0 Å². The topological polar surface area (TPSA) is 102 Å². The van der Waals surface area contributed by atoms with Gasteiger partial charge >= 0.3 is 0 Å². The number of hydrogen-bond acceptors (Lipinski definition) is 6. The van der Waals surface area contributed by atoms with Crippen LogP contribution in [-0.2, 0) is 28.8 Å². The summed E-state index contributed by atoms with van der Waals surface area (Å²) in [5.41, 5.74) is 0. The van der Waals surface area contributed by atoms with Crippen molar-refractivity contribution in [1.29, 1.82) is 0 Å². The molecule has 0 heterocycles. The van der Waals surface area contributed by atoms with Crippen LogP contribution in [0.25, 0.3) is 0 Å². The summed E-state index contributed by atoms with van der Waals surface area (Å²) in [6.07, 6.45) is 3.65. The predicted octanol–water partition coefficient (Wildman–Crippen LogP) is 1.54. The number of ketones is 6. The van der Waals surface area contributed by atoms with E-state index in [4.69, 9.17) is 0 Å². The zero-order chi connectivity index (χ0) is 25.4. The van der Waals surface area contributed by atoms with Crippen LogP contribution in [0.3, 0.4) is 0 Å². The van der Waals surface area contributed by atoms with Crippen LogP contribution < -0.4 is 0 Å². The molecule has 0 N–H and O–H groups in total. The molecule has 0 aromatic carbocycles. The molecule has 198 valence electrons. The lowest BCUT2D eigenvalue weighted by Gasteiger charge is -2.42. The Hall–Kier alpha value is -1.98. The molecule has 39 heavy (non-hydrogen) atoms. The van der Waals surface area contributed by atoms with Crippen LogP contribution in [0.2, 0.25) is 0 Å². The number of carbonyl (C=O) groups excluding carboxylic acids is 6. The molecule has 0 aromatic heterocycles. The minimum Gasteiger partial charge on any atom is -0.299 e. The zero-order valence-electron chi connectivity index (χ0n) is 21.4. The highest BCUT2D eigenvalue weighted by Gasteiger charge is 2.86. The van der Waals surface area contributed by atoms with Gasteiger partial charge in [-0.3, -0.25) is 28.8 Å². The monoisotopic (exact) mass is 522 g/mol. The van der Waals surface area contributed by atoms with Crippen LogP contribution in [0.5, 0.6) is 0 Å². The van der Waals surface area contributed by atoms with Crippen molar-refractivity contribution in [2.75, 3.05) is 0 Å². The molecule has 0 radical (unpaired) electrons. The van der Waals surface area contributed by atoms with Crippen molar-refractivity contribution in [3.05, 3.63) is 0 Å². The summed E-state index contributed by atoms with van der Waals surface area (Å²) in [6.45, 7) is 0. The zero-order valence-corrected chi connectivity index (χ0v) is 21.4. The van der Waals surface area contributed by atoms with E-state index in [1.165, 1.54) is 19.3 Å². The van der Waals surface area contributed by atoms with E-state index < -0.39 is 0 Å². The highest BCUT2D eigenvalue weighted by molar-refractivity contribution is 6.08. The highest BCUT2D eigenvalue weighted by Crippen LogP contribution is 2.82. The molecular formula is C33H30O6. The molecule has 0 aliphatic heterocycles. The normalized spacial score (nSPS) is 74.2. The van der Waals surface area contributed by atoms with Crippen molar-refractivity contribution in [2.24, 2.45) is 142 Å². The molecule has 15 rings (SSSR count). The van der Waals surface area contributed by atoms with Crippen molar-refractivity contribution in [2.45, 2.75) is 19.3 Å². The molecule has 0 amide bonds. The van der Waals surface area contributed by atoms with E-state index in [9.17, 15) is 28.8 Å². The standard InChI is InChI=1S/3C11H10O2/c3*12-10-6-2-1-3-5-4(2)8(10)9(5)11(13)7(3)6/h3*2-9H,1H2/t3*2-,3+,4-,5+,6+,7-,8-,9+. The van der Waals surface area contributed by atoms with Crippen LogP contribution in [0.1, 0.15) is 19.3 Å². The average molecular weight is 523 g/mol. The van der Waals surface area contributed by atoms with Gasteiger partial charge in [-0.25, -0.2) is 0 Å². The molecule has 0 spiro atoms. The molecule has 6 heteroatoms. The maximum absolute atomic E-state index is 11.9. The first-order valence-corrected chi connectivity index (χ1v) is 16.1. The quantitative estimate of drug-likeness (QED) is 0.478. The summed E-state index contributed by atoms with van der Waals surface area (Å²) < 4.78 is 0. The lowest BCUT2D eigenvalue weighted by molar-refractivity contribution is -0.145. The lowest BCUT2D eigenvalue weighted by Crippen LogP contribution is -2.47. The van der Waals surface area contributed by atoms with E-state index in [-0.39, 0.29) is 71.0 Å². The fraction of sp³-hybridized carbons (Fsp3) is 0.818. The summed E-state index contributed by atoms with van der Waals surface area (Å²) >= 11 is 0. The smallest absolute Gasteiger partial charge is 0.141 e. The van der Waals surface area contributed by atoms with E-state index in [0.717, 1.165) is 0 Å². The van der Waals surface area contributed by atoms with E-state index in [2.05, 4.69) is 0 Å². The van der Waals surface area contributed by atoms with Gasteiger partial charge in [-0.1, -0.05) is 0 Å². The largest absolute Gasteiger partial charge is 0.299 e. The molecule has 0 aromatic rings. The van der Waals surface area contributed by atoms with Crippen molar-refractivity contribution in [1.82, 2.24) is 0 Å². The molecule has 24 atom stereocenters. The van der Waals surface area contributed by atoms with Gasteiger partial charge in [0.1, 0.15) is 34.7 Å². The second kappa shape index (κ2) is 5.33. The fourth-order valence-electron chi connectivity index (χ4n) is 17.4. The molecular weight excluding hydrogens is 492 g/mol. The van der Waals surface area contributed by atoms with E-state index >= 15 is 0 Å². The summed E-state index contributed by atoms with van der Waals surface area (Å²) in [6, 6.07) is 0. The molecule has 15 aliphatic carbocycles. The van der Waals surface area contributed by atoms with Crippen LogP contribution in [-0.4, -0.2) is 34.7 Å². The van der Waals surface area contributed by atoms with Gasteiger partial charge in [0.15, 0.2) is 0 Å². The Morgan fingerprint density at radius 3 is 0.564 bits per heavy atom. The molecule has 6 nitrogen and oxygen atoms in total. The molecule has 6 bridgehead atoms. The second-order valence-corrected chi connectivity index (χ2v) is 16.9. The summed E-state index contributed by atoms with van der Waals surface area (Å²) in [5, 5.41) is 0. The minimum atomic E-state index is 0.211. The Morgan fingerprint density at radius 2 is 0.410 bits per heavy atom. The van der Waals surface area contributed by atoms with Gasteiger partial charge in [-0.2, -0.15) is 0 Å². The van der Waals surface area contributed by atoms with E-state index in [1.54, 1.807) is 0 Å². The van der Waals surface area contributed by atoms with Crippen LogP contribution in [0, 0.1) is 142 Å². The number of rotatable bonds is 0. The molecule has 15 fully saturated rings. The third kappa shape index (κ3) is 1.51. The Balaban J connectivity index is 0.0000000715. The maximum Gasteiger partial charge on any atom is 0.141 e. The summed E-state index contributed by atoms with van der Waals surface area (Å²) in [7, 11) is 0. The third-order valence-electron chi connectivity index (χ3n) is 17.5. The molecule has 15 aliphatic rings. The van der Waals surface area contributed by atoms with Gasteiger partial charge in [0.2, 0.25) is 0 Å². The van der Waals surface area contributed by atoms with Gasteiger partial charge in [0.25, 0.3) is 0 Å². The van der Waals surface area contributed by atoms with Crippen molar-refractivity contribution >= 4 is 34.7 Å². The van der Waals surface area contributed by atoms with Crippen molar-refractivity contribution < 1.29 is 28.8 Å². The minimum absolute atomic E-state index is 0.211. The maximum atomic E-state index is 11.9. The third-order valence-corrected chi connectivity index (χ3v) is 17.5. The lowest BCUT2D eigenvalue weighted by atomic mass is 9.59. The first-order chi connectivity index (χ1) is 18.9. The second-order valence-electron chi connectivity index (χ2n) is 16.9. The van der Waals surface area contributed by atoms with Crippen molar-refractivity contribution in [3.8, 4) is 0 Å². The molecule has 0 unspecified atom stereocenters. The first kappa shape index (κ1) is 20.0. The Morgan fingerprint density at radius 1 is 0.256 bits per heavy atom. The molecule has 0 saturated heterocycles. The SMILES string of the molecule is O=C1[C@@H]2[C@H]3C[C@H]4[C@@H]2C(=O)[C@H]2[C@@H]1[C@@H]3[C@@H]42.O=C1[C@@H]2[C@H]3C[C@H]4[C@@H]2C(=O)[C@H]2[C@@H]1[C@@H]3[C@@H]42.O=C1[C@@H]2[C@H]3C[C@H]4[C@@H]2C(=O)[C@H]2[C@@H]1[C@@H]3[C@@H]42. The van der Waals surface area contributed by atoms with Gasteiger partial charge in [-0.15, -0.1) is 0 Å². The predicted molar refractivity (Wildman–Crippen MR) is 128 cm³/mol. The average Bonchev–Trinajstić information content (AvgIpc) is 3.67. The fourth-order valence-corrected chi connectivity index (χ4v) is 17.4. The highest BCUT2D eigenvalue weighted by atomic mass is 16.2. The molecule has 15 saturated carbocycles. The van der Waals surface area contributed by atoms with Gasteiger partial charge in [-0.05, 0) is 90.3 Å². The Bertz CT molecular complexity index is 1210. The van der Waals surface area contributed by atoms with E-state index in [0.29, 0.717) is 106 Å². The van der Waals surface area contributed by atoms with Gasteiger partial charge < -0.3 is 0 Å². The van der Waals surface area contributed by atoms with Gasteiger partial charge in [0.05, 0.1) is 0 Å². The van der Waals surface area contributed by atoms with Gasteiger partial charge in [0, 0.05) is 71.0 Å². The summed E-state index contributed by atoms with van der Waals surface area (Å²) in [4.78, 5) is 71.4. The number of carbonyl (C=O) groups is 6. The van der Waals surface area contributed by atoms with Crippen LogP contribution >= 0.6 is 0 Å². The van der Waals surface area contributed by atoms with E-state index in [1.807, 2.05) is 0 Å². The number of fused-ring (bicyclic) bond motifs is 6. The first-order valence-electron chi connectivity index (χ1n) is 16.1. The number of Topliss-reactive ketones (excluding diaryl/α,β-unsaturated/α-hetero) is 6. The summed E-state index contributed by atoms with van der Waals surface area (Å²) in [5.74, 6) is 13.5. The number of hydrogen-bond donors (Lipinski definition) is 0. The van der Waals surface area contributed by atoms with Crippen LogP contribution in [0.4, 0.5) is 0 Å². The Labute approximate surface area is 224 Å². The Kier molecular flexibility index (Phi) is 2.73.